The topological polar surface area (TPSA) is 49.4 Å². The van der Waals surface area contributed by atoms with Crippen LogP contribution in [0.1, 0.15) is 32.3 Å². The van der Waals surface area contributed by atoms with Gasteiger partial charge in [0.05, 0.1) is 5.92 Å². The number of nitrogens with zero attached hydrogens (tertiary/aromatic N) is 1. The summed E-state index contributed by atoms with van der Waals surface area (Å²) in [5.74, 6) is -0.132. The molecule has 1 heterocycles. The molecule has 1 aliphatic rings. The van der Waals surface area contributed by atoms with Gasteiger partial charge in [-0.1, -0.05) is 37.3 Å². The fourth-order valence-corrected chi connectivity index (χ4v) is 2.48. The Labute approximate surface area is 120 Å². The molecule has 0 saturated carbocycles. The van der Waals surface area contributed by atoms with Gasteiger partial charge in [-0.25, -0.2) is 0 Å². The molecule has 0 aliphatic carbocycles. The Balaban J connectivity index is 1.86. The Morgan fingerprint density at radius 3 is 2.75 bits per heavy atom. The first-order chi connectivity index (χ1) is 9.61. The second-order valence-electron chi connectivity index (χ2n) is 5.41. The number of hydrogen-bond donors (Lipinski definition) is 1. The highest BCUT2D eigenvalue weighted by atomic mass is 16.2. The molecule has 1 N–H and O–H groups in total. The van der Waals surface area contributed by atoms with E-state index in [0.717, 1.165) is 12.0 Å². The van der Waals surface area contributed by atoms with E-state index in [2.05, 4.69) is 12.2 Å². The average molecular weight is 274 g/mol. The predicted molar refractivity (Wildman–Crippen MR) is 77.9 cm³/mol. The van der Waals surface area contributed by atoms with Gasteiger partial charge in [0.1, 0.15) is 0 Å². The molecule has 2 amide bonds. The van der Waals surface area contributed by atoms with Crippen LogP contribution in [0, 0.1) is 5.92 Å². The summed E-state index contributed by atoms with van der Waals surface area (Å²) in [6, 6.07) is 10.0. The molecular formula is C16H22N2O2. The minimum absolute atomic E-state index is 0.0204. The molecule has 1 fully saturated rings. The standard InChI is InChI=1S/C16H22N2O2/c1-3-12(2)18-11-14(9-15(18)19)16(20)17-10-13-7-5-4-6-8-13/h4-8,12,14H,3,9-11H2,1-2H3,(H,17,20). The monoisotopic (exact) mass is 274 g/mol. The molecule has 0 aromatic heterocycles. The van der Waals surface area contributed by atoms with Crippen molar-refractivity contribution in [2.75, 3.05) is 6.54 Å². The number of likely N-dealkylation sites (tertiary alicyclic amines) is 1. The molecule has 0 spiro atoms. The lowest BCUT2D eigenvalue weighted by Gasteiger charge is -2.23. The van der Waals surface area contributed by atoms with Gasteiger partial charge < -0.3 is 10.2 Å². The van der Waals surface area contributed by atoms with Gasteiger partial charge in [0, 0.05) is 25.6 Å². The van der Waals surface area contributed by atoms with Crippen LogP contribution >= 0.6 is 0 Å². The molecule has 4 nitrogen and oxygen atoms in total. The van der Waals surface area contributed by atoms with Crippen LogP contribution in [0.5, 0.6) is 0 Å². The van der Waals surface area contributed by atoms with Gasteiger partial charge in [-0.2, -0.15) is 0 Å². The Morgan fingerprint density at radius 1 is 1.40 bits per heavy atom. The third kappa shape index (κ3) is 3.38. The van der Waals surface area contributed by atoms with Gasteiger partial charge in [0.2, 0.25) is 11.8 Å². The Morgan fingerprint density at radius 2 is 2.10 bits per heavy atom. The lowest BCUT2D eigenvalue weighted by atomic mass is 10.1. The number of hydrogen-bond acceptors (Lipinski definition) is 2. The maximum Gasteiger partial charge on any atom is 0.225 e. The molecule has 1 aromatic rings. The molecule has 1 saturated heterocycles. The molecule has 2 rings (SSSR count). The van der Waals surface area contributed by atoms with E-state index in [1.807, 2.05) is 42.2 Å². The minimum atomic E-state index is -0.208. The molecule has 20 heavy (non-hydrogen) atoms. The van der Waals surface area contributed by atoms with Crippen molar-refractivity contribution in [3.05, 3.63) is 35.9 Å². The average Bonchev–Trinajstić information content (AvgIpc) is 2.87. The number of carbonyl (C=O) groups excluding carboxylic acids is 2. The van der Waals surface area contributed by atoms with Gasteiger partial charge in [-0.15, -0.1) is 0 Å². The Kier molecular flexibility index (Phi) is 4.77. The first-order valence-electron chi connectivity index (χ1n) is 7.23. The molecule has 0 bridgehead atoms. The van der Waals surface area contributed by atoms with Crippen LogP contribution in [-0.2, 0) is 16.1 Å². The van der Waals surface area contributed by atoms with Crippen molar-refractivity contribution in [3.63, 3.8) is 0 Å². The molecular weight excluding hydrogens is 252 g/mol. The third-order valence-electron chi connectivity index (χ3n) is 3.96. The van der Waals surface area contributed by atoms with Crippen molar-refractivity contribution in [3.8, 4) is 0 Å². The van der Waals surface area contributed by atoms with Crippen molar-refractivity contribution < 1.29 is 9.59 Å². The number of benzene rings is 1. The van der Waals surface area contributed by atoms with Gasteiger partial charge in [0.25, 0.3) is 0 Å². The highest BCUT2D eigenvalue weighted by Crippen LogP contribution is 2.21. The summed E-state index contributed by atoms with van der Waals surface area (Å²) >= 11 is 0. The molecule has 2 unspecified atom stereocenters. The lowest BCUT2D eigenvalue weighted by molar-refractivity contribution is -0.130. The SMILES string of the molecule is CCC(C)N1CC(C(=O)NCc2ccccc2)CC1=O. The number of nitrogens with one attached hydrogen (secondary N) is 1. The zero-order valence-electron chi connectivity index (χ0n) is 12.1. The molecule has 108 valence electrons. The number of rotatable bonds is 5. The first-order valence-corrected chi connectivity index (χ1v) is 7.23. The largest absolute Gasteiger partial charge is 0.352 e. The lowest BCUT2D eigenvalue weighted by Crippen LogP contribution is -2.36. The van der Waals surface area contributed by atoms with E-state index >= 15 is 0 Å². The summed E-state index contributed by atoms with van der Waals surface area (Å²) in [4.78, 5) is 25.9. The van der Waals surface area contributed by atoms with E-state index < -0.39 is 0 Å². The molecule has 4 heteroatoms. The fraction of sp³-hybridized carbons (Fsp3) is 0.500. The van der Waals surface area contributed by atoms with E-state index in [0.29, 0.717) is 19.5 Å². The molecule has 2 atom stereocenters. The van der Waals surface area contributed by atoms with Crippen LogP contribution in [-0.4, -0.2) is 29.3 Å². The first kappa shape index (κ1) is 14.6. The predicted octanol–water partition coefficient (Wildman–Crippen LogP) is 1.95. The van der Waals surface area contributed by atoms with Gasteiger partial charge >= 0.3 is 0 Å². The zero-order chi connectivity index (χ0) is 14.5. The van der Waals surface area contributed by atoms with Gasteiger partial charge in [-0.05, 0) is 18.9 Å². The summed E-state index contributed by atoms with van der Waals surface area (Å²) in [5.41, 5.74) is 1.07. The van der Waals surface area contributed by atoms with E-state index in [9.17, 15) is 9.59 Å². The van der Waals surface area contributed by atoms with Crippen molar-refractivity contribution >= 4 is 11.8 Å². The third-order valence-corrected chi connectivity index (χ3v) is 3.96. The highest BCUT2D eigenvalue weighted by Gasteiger charge is 2.35. The van der Waals surface area contributed by atoms with E-state index in [1.165, 1.54) is 0 Å². The zero-order valence-corrected chi connectivity index (χ0v) is 12.1. The van der Waals surface area contributed by atoms with Gasteiger partial charge in [-0.3, -0.25) is 9.59 Å². The maximum atomic E-state index is 12.1. The van der Waals surface area contributed by atoms with Crippen LogP contribution in [0.2, 0.25) is 0 Å². The Hall–Kier alpha value is -1.84. The second kappa shape index (κ2) is 6.55. The maximum absolute atomic E-state index is 12.1. The molecule has 1 aliphatic heterocycles. The van der Waals surface area contributed by atoms with Crippen LogP contribution in [0.3, 0.4) is 0 Å². The fourth-order valence-electron chi connectivity index (χ4n) is 2.48. The molecule has 0 radical (unpaired) electrons. The van der Waals surface area contributed by atoms with Crippen LogP contribution in [0.15, 0.2) is 30.3 Å². The van der Waals surface area contributed by atoms with Gasteiger partial charge in [0.15, 0.2) is 0 Å². The van der Waals surface area contributed by atoms with Crippen molar-refractivity contribution in [2.24, 2.45) is 5.92 Å². The summed E-state index contributed by atoms with van der Waals surface area (Å²) < 4.78 is 0. The van der Waals surface area contributed by atoms with E-state index in [4.69, 9.17) is 0 Å². The second-order valence-corrected chi connectivity index (χ2v) is 5.41. The molecule has 1 aromatic carbocycles. The van der Waals surface area contributed by atoms with Crippen molar-refractivity contribution in [2.45, 2.75) is 39.3 Å². The summed E-state index contributed by atoms with van der Waals surface area (Å²) in [7, 11) is 0. The number of carbonyl (C=O) groups is 2. The van der Waals surface area contributed by atoms with Crippen LogP contribution in [0.4, 0.5) is 0 Å². The summed E-state index contributed by atoms with van der Waals surface area (Å²) in [6.45, 7) is 5.16. The highest BCUT2D eigenvalue weighted by molar-refractivity contribution is 5.89. The quantitative estimate of drug-likeness (QED) is 0.892. The minimum Gasteiger partial charge on any atom is -0.352 e. The van der Waals surface area contributed by atoms with Crippen LogP contribution < -0.4 is 5.32 Å². The number of amides is 2. The van der Waals surface area contributed by atoms with Crippen molar-refractivity contribution in [1.29, 1.82) is 0 Å². The van der Waals surface area contributed by atoms with E-state index in [1.54, 1.807) is 0 Å². The van der Waals surface area contributed by atoms with Crippen LogP contribution in [0.25, 0.3) is 0 Å². The van der Waals surface area contributed by atoms with E-state index in [-0.39, 0.29) is 23.8 Å². The normalized spacial score (nSPS) is 20.0. The summed E-state index contributed by atoms with van der Waals surface area (Å²) in [5, 5.41) is 2.92. The smallest absolute Gasteiger partial charge is 0.225 e. The van der Waals surface area contributed by atoms with Crippen molar-refractivity contribution in [1.82, 2.24) is 10.2 Å². The summed E-state index contributed by atoms with van der Waals surface area (Å²) in [6.07, 6.45) is 1.26. The Bertz CT molecular complexity index is 473.